The van der Waals surface area contributed by atoms with E-state index in [1.165, 1.54) is 0 Å². The molecule has 1 amide bonds. The lowest BCUT2D eigenvalue weighted by Gasteiger charge is -2.18. The van der Waals surface area contributed by atoms with Gasteiger partial charge in [-0.3, -0.25) is 4.79 Å². The maximum Gasteiger partial charge on any atom is 0.224 e. The number of benzene rings is 2. The van der Waals surface area contributed by atoms with Gasteiger partial charge in [0.15, 0.2) is 0 Å². The van der Waals surface area contributed by atoms with Gasteiger partial charge in [-0.05, 0) is 48.4 Å². The van der Waals surface area contributed by atoms with Crippen LogP contribution < -0.4 is 10.2 Å². The van der Waals surface area contributed by atoms with Crippen molar-refractivity contribution in [3.05, 3.63) is 58.6 Å². The van der Waals surface area contributed by atoms with Gasteiger partial charge in [-0.15, -0.1) is 0 Å². The van der Waals surface area contributed by atoms with Gasteiger partial charge in [0.25, 0.3) is 0 Å². The maximum absolute atomic E-state index is 13.5. The Hall–Kier alpha value is -2.14. The molecule has 2 aromatic carbocycles. The minimum atomic E-state index is -0.522. The molecule has 0 saturated carbocycles. The number of halogens is 3. The molecule has 0 saturated heterocycles. The Kier molecular flexibility index (Phi) is 5.55. The van der Waals surface area contributed by atoms with Gasteiger partial charge in [-0.2, -0.15) is 0 Å². The van der Waals surface area contributed by atoms with E-state index >= 15 is 0 Å². The van der Waals surface area contributed by atoms with Crippen LogP contribution in [-0.4, -0.2) is 20.0 Å². The first-order chi connectivity index (χ1) is 10.9. The summed E-state index contributed by atoms with van der Waals surface area (Å²) in [5.74, 6) is -1.33. The molecule has 0 fully saturated rings. The number of anilines is 2. The van der Waals surface area contributed by atoms with E-state index in [-0.39, 0.29) is 24.3 Å². The van der Waals surface area contributed by atoms with E-state index in [9.17, 15) is 13.6 Å². The molecule has 122 valence electrons. The first-order valence-corrected chi connectivity index (χ1v) is 7.45. The predicted molar refractivity (Wildman–Crippen MR) is 89.1 cm³/mol. The van der Waals surface area contributed by atoms with Crippen molar-refractivity contribution in [3.8, 4) is 0 Å². The minimum Gasteiger partial charge on any atom is -0.376 e. The van der Waals surface area contributed by atoms with Crippen LogP contribution in [0.5, 0.6) is 0 Å². The molecule has 3 nitrogen and oxygen atoms in total. The molecule has 0 aromatic heterocycles. The van der Waals surface area contributed by atoms with E-state index in [2.05, 4.69) is 5.32 Å². The van der Waals surface area contributed by atoms with Gasteiger partial charge in [-0.1, -0.05) is 11.6 Å². The molecule has 1 N–H and O–H groups in total. The fraction of sp³-hybridized carbons (Fsp3) is 0.235. The highest BCUT2D eigenvalue weighted by Gasteiger charge is 2.11. The first-order valence-electron chi connectivity index (χ1n) is 7.07. The number of rotatable bonds is 5. The molecule has 0 bridgehead atoms. The van der Waals surface area contributed by atoms with Crippen LogP contribution in [0.2, 0.25) is 5.02 Å². The monoisotopic (exact) mass is 338 g/mol. The van der Waals surface area contributed by atoms with Crippen molar-refractivity contribution in [2.75, 3.05) is 24.3 Å². The van der Waals surface area contributed by atoms with E-state index in [1.807, 2.05) is 19.0 Å². The van der Waals surface area contributed by atoms with Crippen molar-refractivity contribution >= 4 is 28.9 Å². The van der Waals surface area contributed by atoms with Crippen LogP contribution in [-0.2, 0) is 11.2 Å². The second-order valence-corrected chi connectivity index (χ2v) is 5.78. The average Bonchev–Trinajstić information content (AvgIpc) is 2.48. The van der Waals surface area contributed by atoms with Crippen LogP contribution in [0, 0.1) is 11.6 Å². The fourth-order valence-corrected chi connectivity index (χ4v) is 2.37. The van der Waals surface area contributed by atoms with Crippen molar-refractivity contribution < 1.29 is 13.6 Å². The van der Waals surface area contributed by atoms with E-state index in [0.29, 0.717) is 10.7 Å². The van der Waals surface area contributed by atoms with Crippen molar-refractivity contribution in [1.82, 2.24) is 0 Å². The molecule has 0 radical (unpaired) electrons. The summed E-state index contributed by atoms with van der Waals surface area (Å²) in [6, 6.07) is 8.39. The van der Waals surface area contributed by atoms with E-state index < -0.39 is 11.6 Å². The highest BCUT2D eigenvalue weighted by molar-refractivity contribution is 6.31. The number of amides is 1. The van der Waals surface area contributed by atoms with Gasteiger partial charge in [0, 0.05) is 25.5 Å². The largest absolute Gasteiger partial charge is 0.376 e. The van der Waals surface area contributed by atoms with E-state index in [1.54, 1.807) is 18.2 Å². The SMILES string of the molecule is CN(C)c1ccc(Cl)cc1NC(=O)CCc1cc(F)ccc1F. The number of hydrogen-bond acceptors (Lipinski definition) is 2. The third-order valence-electron chi connectivity index (χ3n) is 3.34. The van der Waals surface area contributed by atoms with E-state index in [4.69, 9.17) is 11.6 Å². The normalized spacial score (nSPS) is 10.5. The molecular weight excluding hydrogens is 322 g/mol. The van der Waals surface area contributed by atoms with Crippen LogP contribution in [0.3, 0.4) is 0 Å². The van der Waals surface area contributed by atoms with Crippen LogP contribution in [0.15, 0.2) is 36.4 Å². The Morgan fingerprint density at radius 1 is 1.17 bits per heavy atom. The summed E-state index contributed by atoms with van der Waals surface area (Å²) in [6.45, 7) is 0. The topological polar surface area (TPSA) is 32.3 Å². The first kappa shape index (κ1) is 17.2. The summed E-state index contributed by atoms with van der Waals surface area (Å²) >= 11 is 5.96. The van der Waals surface area contributed by atoms with E-state index in [0.717, 1.165) is 23.9 Å². The molecule has 0 aliphatic heterocycles. The number of nitrogens with zero attached hydrogens (tertiary/aromatic N) is 1. The molecule has 6 heteroatoms. The minimum absolute atomic E-state index is 0.0414. The third kappa shape index (κ3) is 4.66. The number of hydrogen-bond donors (Lipinski definition) is 1. The summed E-state index contributed by atoms with van der Waals surface area (Å²) in [6.07, 6.45) is 0.160. The number of nitrogens with one attached hydrogen (secondary N) is 1. The second kappa shape index (κ2) is 7.42. The molecule has 2 aromatic rings. The molecule has 23 heavy (non-hydrogen) atoms. The average molecular weight is 339 g/mol. The Morgan fingerprint density at radius 2 is 1.91 bits per heavy atom. The van der Waals surface area contributed by atoms with Crippen molar-refractivity contribution in [3.63, 3.8) is 0 Å². The standard InChI is InChI=1S/C17H17ClF2N2O/c1-22(2)16-7-4-12(18)10-15(16)21-17(23)8-3-11-9-13(19)5-6-14(11)20/h4-7,9-10H,3,8H2,1-2H3,(H,21,23). The number of carbonyl (C=O) groups is 1. The number of carbonyl (C=O) groups excluding carboxylic acids is 1. The highest BCUT2D eigenvalue weighted by atomic mass is 35.5. The van der Waals surface area contributed by atoms with Crippen molar-refractivity contribution in [2.24, 2.45) is 0 Å². The molecule has 0 unspecified atom stereocenters. The van der Waals surface area contributed by atoms with Crippen molar-refractivity contribution in [2.45, 2.75) is 12.8 Å². The molecule has 0 aliphatic rings. The van der Waals surface area contributed by atoms with Gasteiger partial charge in [-0.25, -0.2) is 8.78 Å². The molecule has 0 aliphatic carbocycles. The maximum atomic E-state index is 13.5. The molecule has 0 atom stereocenters. The lowest BCUT2D eigenvalue weighted by molar-refractivity contribution is -0.116. The summed E-state index contributed by atoms with van der Waals surface area (Å²) in [5.41, 5.74) is 1.56. The van der Waals surface area contributed by atoms with Crippen LogP contribution in [0.4, 0.5) is 20.2 Å². The highest BCUT2D eigenvalue weighted by Crippen LogP contribution is 2.28. The zero-order valence-corrected chi connectivity index (χ0v) is 13.6. The molecule has 0 spiro atoms. The Labute approximate surface area is 138 Å². The lowest BCUT2D eigenvalue weighted by atomic mass is 10.1. The Morgan fingerprint density at radius 3 is 2.61 bits per heavy atom. The van der Waals surface area contributed by atoms with Crippen LogP contribution >= 0.6 is 11.6 Å². The second-order valence-electron chi connectivity index (χ2n) is 5.34. The van der Waals surface area contributed by atoms with Gasteiger partial charge in [0.2, 0.25) is 5.91 Å². The van der Waals surface area contributed by atoms with Crippen LogP contribution in [0.25, 0.3) is 0 Å². The zero-order chi connectivity index (χ0) is 17.0. The van der Waals surface area contributed by atoms with Gasteiger partial charge in [0.05, 0.1) is 11.4 Å². The van der Waals surface area contributed by atoms with Gasteiger partial charge < -0.3 is 10.2 Å². The summed E-state index contributed by atoms with van der Waals surface area (Å²) in [7, 11) is 3.70. The van der Waals surface area contributed by atoms with Crippen LogP contribution in [0.1, 0.15) is 12.0 Å². The Balaban J connectivity index is 2.05. The molecule has 0 heterocycles. The fourth-order valence-electron chi connectivity index (χ4n) is 2.19. The van der Waals surface area contributed by atoms with Gasteiger partial charge in [0.1, 0.15) is 11.6 Å². The van der Waals surface area contributed by atoms with Gasteiger partial charge >= 0.3 is 0 Å². The molecule has 2 rings (SSSR count). The smallest absolute Gasteiger partial charge is 0.224 e. The summed E-state index contributed by atoms with van der Waals surface area (Å²) < 4.78 is 26.7. The summed E-state index contributed by atoms with van der Waals surface area (Å²) in [4.78, 5) is 13.9. The molecular formula is C17H17ClF2N2O. The van der Waals surface area contributed by atoms with Crippen molar-refractivity contribution in [1.29, 1.82) is 0 Å². The quantitative estimate of drug-likeness (QED) is 0.883. The zero-order valence-electron chi connectivity index (χ0n) is 12.9. The lowest BCUT2D eigenvalue weighted by Crippen LogP contribution is -2.17. The summed E-state index contributed by atoms with van der Waals surface area (Å²) in [5, 5.41) is 3.26. The Bertz CT molecular complexity index is 720. The predicted octanol–water partition coefficient (Wildman–Crippen LogP) is 4.26. The number of aryl methyl sites for hydroxylation is 1. The third-order valence-corrected chi connectivity index (χ3v) is 3.58.